The molecule has 146 valence electrons. The van der Waals surface area contributed by atoms with Crippen LogP contribution in [0.2, 0.25) is 0 Å². The lowest BCUT2D eigenvalue weighted by atomic mass is 10.2. The minimum atomic E-state index is 0. The zero-order chi connectivity index (χ0) is 17.6. The number of nitrogens with one attached hydrogen (secondary N) is 1. The van der Waals surface area contributed by atoms with E-state index in [0.717, 1.165) is 31.4 Å². The normalized spacial score (nSPS) is 21.0. The van der Waals surface area contributed by atoms with Gasteiger partial charge < -0.3 is 10.1 Å². The molecule has 2 fully saturated rings. The van der Waals surface area contributed by atoms with Gasteiger partial charge in [-0.25, -0.2) is 0 Å². The Balaban J connectivity index is 0.00000210. The van der Waals surface area contributed by atoms with Gasteiger partial charge >= 0.3 is 0 Å². The van der Waals surface area contributed by atoms with Gasteiger partial charge in [0.1, 0.15) is 12.4 Å². The van der Waals surface area contributed by atoms with Gasteiger partial charge in [0.25, 0.3) is 0 Å². The summed E-state index contributed by atoms with van der Waals surface area (Å²) in [6.45, 7) is 8.69. The van der Waals surface area contributed by atoms with Gasteiger partial charge in [0.15, 0.2) is 0 Å². The first-order valence-corrected chi connectivity index (χ1v) is 9.79. The van der Waals surface area contributed by atoms with Crippen molar-refractivity contribution in [3.05, 3.63) is 65.7 Å². The Morgan fingerprint density at radius 1 is 0.926 bits per heavy atom. The fourth-order valence-electron chi connectivity index (χ4n) is 4.03. The SMILES string of the molecule is Cl.c1ccc(COc2cccc(CN3CCC(N4CCNCC4)C3)c2)cc1. The van der Waals surface area contributed by atoms with Crippen molar-refractivity contribution in [1.82, 2.24) is 15.1 Å². The third-order valence-corrected chi connectivity index (χ3v) is 5.47. The maximum atomic E-state index is 5.98. The van der Waals surface area contributed by atoms with E-state index >= 15 is 0 Å². The van der Waals surface area contributed by atoms with Crippen molar-refractivity contribution in [3.63, 3.8) is 0 Å². The molecule has 1 atom stereocenters. The number of halogens is 1. The molecular weight excluding hydrogens is 358 g/mol. The lowest BCUT2D eigenvalue weighted by Crippen LogP contribution is -2.49. The number of piperazine rings is 1. The van der Waals surface area contributed by atoms with E-state index in [2.05, 4.69) is 63.6 Å². The highest BCUT2D eigenvalue weighted by Gasteiger charge is 2.28. The number of benzene rings is 2. The quantitative estimate of drug-likeness (QED) is 0.824. The van der Waals surface area contributed by atoms with Crippen LogP contribution in [0.15, 0.2) is 54.6 Å². The van der Waals surface area contributed by atoms with Crippen molar-refractivity contribution in [2.75, 3.05) is 39.3 Å². The molecule has 0 aromatic heterocycles. The number of nitrogens with zero attached hydrogens (tertiary/aromatic N) is 2. The van der Waals surface area contributed by atoms with Crippen LogP contribution in [0.5, 0.6) is 5.75 Å². The Kier molecular flexibility index (Phi) is 7.53. The number of hydrogen-bond donors (Lipinski definition) is 1. The minimum Gasteiger partial charge on any atom is -0.489 e. The maximum Gasteiger partial charge on any atom is 0.120 e. The molecule has 0 saturated carbocycles. The third-order valence-electron chi connectivity index (χ3n) is 5.47. The second kappa shape index (κ2) is 10.1. The molecule has 2 saturated heterocycles. The lowest BCUT2D eigenvalue weighted by Gasteiger charge is -2.32. The molecular formula is C22H30ClN3O. The molecule has 0 amide bonds. The predicted molar refractivity (Wildman–Crippen MR) is 113 cm³/mol. The molecule has 2 aromatic rings. The zero-order valence-electron chi connectivity index (χ0n) is 15.8. The first kappa shape index (κ1) is 20.2. The third kappa shape index (κ3) is 5.69. The highest BCUT2D eigenvalue weighted by molar-refractivity contribution is 5.85. The molecule has 27 heavy (non-hydrogen) atoms. The molecule has 1 N–H and O–H groups in total. The van der Waals surface area contributed by atoms with Gasteiger partial charge in [-0.1, -0.05) is 42.5 Å². The van der Waals surface area contributed by atoms with Crippen molar-refractivity contribution in [2.45, 2.75) is 25.6 Å². The molecule has 0 radical (unpaired) electrons. The maximum absolute atomic E-state index is 5.98. The number of likely N-dealkylation sites (tertiary alicyclic amines) is 1. The Morgan fingerprint density at radius 2 is 1.70 bits per heavy atom. The summed E-state index contributed by atoms with van der Waals surface area (Å²) < 4.78 is 5.98. The van der Waals surface area contributed by atoms with E-state index in [9.17, 15) is 0 Å². The van der Waals surface area contributed by atoms with Crippen LogP contribution < -0.4 is 10.1 Å². The Morgan fingerprint density at radius 3 is 2.52 bits per heavy atom. The van der Waals surface area contributed by atoms with Crippen LogP contribution in [0.3, 0.4) is 0 Å². The summed E-state index contributed by atoms with van der Waals surface area (Å²) in [5.74, 6) is 0.962. The van der Waals surface area contributed by atoms with Gasteiger partial charge in [0.05, 0.1) is 0 Å². The Bertz CT molecular complexity index is 691. The number of ether oxygens (including phenoxy) is 1. The topological polar surface area (TPSA) is 27.7 Å². The minimum absolute atomic E-state index is 0. The molecule has 2 aliphatic rings. The molecule has 2 aliphatic heterocycles. The number of rotatable bonds is 6. The van der Waals surface area contributed by atoms with Crippen LogP contribution in [-0.4, -0.2) is 55.1 Å². The molecule has 0 bridgehead atoms. The van der Waals surface area contributed by atoms with Gasteiger partial charge in [-0.05, 0) is 29.7 Å². The van der Waals surface area contributed by atoms with E-state index in [1.54, 1.807) is 0 Å². The van der Waals surface area contributed by atoms with Crippen molar-refractivity contribution in [1.29, 1.82) is 0 Å². The van der Waals surface area contributed by atoms with Crippen molar-refractivity contribution < 1.29 is 4.74 Å². The number of hydrogen-bond acceptors (Lipinski definition) is 4. The van der Waals surface area contributed by atoms with E-state index in [-0.39, 0.29) is 12.4 Å². The summed E-state index contributed by atoms with van der Waals surface area (Å²) in [5, 5.41) is 3.45. The van der Waals surface area contributed by atoms with Crippen LogP contribution in [0.25, 0.3) is 0 Å². The van der Waals surface area contributed by atoms with Crippen molar-refractivity contribution >= 4 is 12.4 Å². The predicted octanol–water partition coefficient (Wildman–Crippen LogP) is 3.17. The van der Waals surface area contributed by atoms with Crippen LogP contribution in [-0.2, 0) is 13.2 Å². The molecule has 1 unspecified atom stereocenters. The largest absolute Gasteiger partial charge is 0.489 e. The van der Waals surface area contributed by atoms with Gasteiger partial charge in [0.2, 0.25) is 0 Å². The van der Waals surface area contributed by atoms with E-state index in [1.807, 2.05) is 6.07 Å². The van der Waals surface area contributed by atoms with Crippen LogP contribution in [0.1, 0.15) is 17.5 Å². The van der Waals surface area contributed by atoms with Crippen LogP contribution in [0.4, 0.5) is 0 Å². The average Bonchev–Trinajstić information content (AvgIpc) is 3.17. The van der Waals surface area contributed by atoms with Gasteiger partial charge in [0, 0.05) is 51.9 Å². The molecule has 0 aliphatic carbocycles. The first-order valence-electron chi connectivity index (χ1n) is 9.79. The second-order valence-electron chi connectivity index (χ2n) is 7.39. The van der Waals surface area contributed by atoms with E-state index < -0.39 is 0 Å². The highest BCUT2D eigenvalue weighted by atomic mass is 35.5. The molecule has 4 rings (SSSR count). The Labute approximate surface area is 168 Å². The summed E-state index contributed by atoms with van der Waals surface area (Å²) in [6.07, 6.45) is 1.30. The molecule has 0 spiro atoms. The van der Waals surface area contributed by atoms with Crippen LogP contribution in [0, 0.1) is 0 Å². The first-order chi connectivity index (χ1) is 12.9. The average molecular weight is 388 g/mol. The Hall–Kier alpha value is -1.59. The lowest BCUT2D eigenvalue weighted by molar-refractivity contribution is 0.170. The molecule has 2 heterocycles. The fourth-order valence-corrected chi connectivity index (χ4v) is 4.03. The highest BCUT2D eigenvalue weighted by Crippen LogP contribution is 2.21. The summed E-state index contributed by atoms with van der Waals surface area (Å²) in [6, 6.07) is 19.7. The van der Waals surface area contributed by atoms with Crippen LogP contribution >= 0.6 is 12.4 Å². The smallest absolute Gasteiger partial charge is 0.120 e. The summed E-state index contributed by atoms with van der Waals surface area (Å²) >= 11 is 0. The standard InChI is InChI=1S/C22H29N3O.ClH/c1-2-5-19(6-3-1)18-26-22-8-4-7-20(15-22)16-24-12-9-21(17-24)25-13-10-23-11-14-25;/h1-8,15,21,23H,9-14,16-18H2;1H. The van der Waals surface area contributed by atoms with Crippen molar-refractivity contribution in [2.24, 2.45) is 0 Å². The zero-order valence-corrected chi connectivity index (χ0v) is 16.7. The van der Waals surface area contributed by atoms with E-state index in [4.69, 9.17) is 4.74 Å². The van der Waals surface area contributed by atoms with E-state index in [1.165, 1.54) is 43.7 Å². The summed E-state index contributed by atoms with van der Waals surface area (Å²) in [4.78, 5) is 5.25. The van der Waals surface area contributed by atoms with Gasteiger partial charge in [-0.15, -0.1) is 12.4 Å². The molecule has 2 aromatic carbocycles. The summed E-state index contributed by atoms with van der Waals surface area (Å²) in [5.41, 5.74) is 2.55. The van der Waals surface area contributed by atoms with E-state index in [0.29, 0.717) is 6.61 Å². The van der Waals surface area contributed by atoms with Gasteiger partial charge in [-0.3, -0.25) is 9.80 Å². The second-order valence-corrected chi connectivity index (χ2v) is 7.39. The molecule has 4 nitrogen and oxygen atoms in total. The summed E-state index contributed by atoms with van der Waals surface area (Å²) in [7, 11) is 0. The van der Waals surface area contributed by atoms with Gasteiger partial charge in [-0.2, -0.15) is 0 Å². The molecule has 5 heteroatoms. The fraction of sp³-hybridized carbons (Fsp3) is 0.455. The monoisotopic (exact) mass is 387 g/mol. The van der Waals surface area contributed by atoms with Crippen molar-refractivity contribution in [3.8, 4) is 5.75 Å².